The molecule has 0 heterocycles. The molecule has 5 heteroatoms. The number of hydrogen-bond acceptors (Lipinski definition) is 3. The Morgan fingerprint density at radius 3 is 2.60 bits per heavy atom. The number of aromatic hydroxyl groups is 1. The average Bonchev–Trinajstić information content (AvgIpc) is 2.35. The lowest BCUT2D eigenvalue weighted by atomic mass is 10.2. The summed E-state index contributed by atoms with van der Waals surface area (Å²) in [7, 11) is 4.03. The molecule has 0 radical (unpaired) electrons. The van der Waals surface area contributed by atoms with Crippen molar-refractivity contribution in [3.63, 3.8) is 0 Å². The number of phenols is 1. The second kappa shape index (κ2) is 8.61. The van der Waals surface area contributed by atoms with E-state index >= 15 is 0 Å². The molecule has 0 aliphatic heterocycles. The summed E-state index contributed by atoms with van der Waals surface area (Å²) >= 11 is 0. The molecule has 1 aromatic carbocycles. The first-order valence-corrected chi connectivity index (χ1v) is 6.38. The summed E-state index contributed by atoms with van der Waals surface area (Å²) in [6.45, 7) is 2.94. The van der Waals surface area contributed by atoms with Gasteiger partial charge in [0.2, 0.25) is 0 Å². The molecule has 0 aliphatic carbocycles. The third kappa shape index (κ3) is 5.63. The van der Waals surface area contributed by atoms with Crippen molar-refractivity contribution >= 4 is 11.7 Å². The van der Waals surface area contributed by atoms with E-state index < -0.39 is 0 Å². The van der Waals surface area contributed by atoms with Gasteiger partial charge in [0.25, 0.3) is 0 Å². The number of rotatable bonds is 6. The monoisotopic (exact) mass is 299 g/mol. The Hall–Kier alpha value is -1.52. The van der Waals surface area contributed by atoms with Crippen molar-refractivity contribution in [3.05, 3.63) is 36.4 Å². The first-order valence-electron chi connectivity index (χ1n) is 6.38. The molecule has 0 amide bonds. The topological polar surface area (TPSA) is 46.5 Å². The first-order chi connectivity index (χ1) is 8.97. The summed E-state index contributed by atoms with van der Waals surface area (Å²) in [5, 5.41) is 9.85. The van der Waals surface area contributed by atoms with Gasteiger partial charge in [0.15, 0.2) is 11.4 Å². The van der Waals surface area contributed by atoms with Gasteiger partial charge in [0, 0.05) is 18.6 Å². The van der Waals surface area contributed by atoms with Crippen LogP contribution in [-0.2, 0) is 9.53 Å². The van der Waals surface area contributed by atoms with Crippen LogP contribution in [0.5, 0.6) is 5.75 Å². The summed E-state index contributed by atoms with van der Waals surface area (Å²) < 4.78 is 5.60. The normalized spacial score (nSPS) is 11.2. The van der Waals surface area contributed by atoms with E-state index in [9.17, 15) is 9.90 Å². The molecule has 1 rings (SSSR count). The van der Waals surface area contributed by atoms with Gasteiger partial charge in [-0.25, -0.2) is 4.79 Å². The molecule has 0 bridgehead atoms. The minimum absolute atomic E-state index is 0. The van der Waals surface area contributed by atoms with Crippen molar-refractivity contribution in [2.75, 3.05) is 27.2 Å². The zero-order chi connectivity index (χ0) is 14.3. The molecule has 0 saturated heterocycles. The first kappa shape index (κ1) is 18.5. The van der Waals surface area contributed by atoms with Crippen LogP contribution in [0.25, 0.3) is 0 Å². The summed E-state index contributed by atoms with van der Waals surface area (Å²) in [6.07, 6.45) is 3.80. The molecule has 0 atom stereocenters. The van der Waals surface area contributed by atoms with Crippen molar-refractivity contribution < 1.29 is 27.0 Å². The number of carbonyl (C=O) groups excluding carboxylic acids is 1. The van der Waals surface area contributed by atoms with E-state index in [4.69, 9.17) is 4.74 Å². The third-order valence-corrected chi connectivity index (χ3v) is 2.94. The van der Waals surface area contributed by atoms with Crippen molar-refractivity contribution in [1.29, 1.82) is 0 Å². The van der Waals surface area contributed by atoms with Gasteiger partial charge in [-0.15, -0.1) is 0 Å². The highest BCUT2D eigenvalue weighted by atomic mass is 35.5. The SMILES string of the molecule is CC=CC(=O)OCCC[N+](C)(C)c1ccccc1O.[Cl-]. The van der Waals surface area contributed by atoms with Gasteiger partial charge in [0.05, 0.1) is 27.2 Å². The Morgan fingerprint density at radius 2 is 2.00 bits per heavy atom. The number of ether oxygens (including phenoxy) is 1. The Balaban J connectivity index is 0.00000361. The number of para-hydroxylation sites is 2. The number of carbonyl (C=O) groups is 1. The number of halogens is 1. The number of esters is 1. The van der Waals surface area contributed by atoms with Crippen LogP contribution in [-0.4, -0.2) is 38.3 Å². The largest absolute Gasteiger partial charge is 1.00 e. The van der Waals surface area contributed by atoms with Gasteiger partial charge in [-0.2, -0.15) is 0 Å². The number of benzene rings is 1. The molecule has 0 fully saturated rings. The molecule has 1 N–H and O–H groups in total. The molecular formula is C15H22ClNO3. The van der Waals surface area contributed by atoms with Crippen LogP contribution in [0.15, 0.2) is 36.4 Å². The minimum atomic E-state index is -0.310. The van der Waals surface area contributed by atoms with Crippen LogP contribution in [0.2, 0.25) is 0 Å². The fourth-order valence-electron chi connectivity index (χ4n) is 1.91. The lowest BCUT2D eigenvalue weighted by Gasteiger charge is -2.29. The number of allylic oxidation sites excluding steroid dienone is 1. The maximum atomic E-state index is 11.1. The minimum Gasteiger partial charge on any atom is -1.00 e. The van der Waals surface area contributed by atoms with E-state index in [1.165, 1.54) is 6.08 Å². The highest BCUT2D eigenvalue weighted by Crippen LogP contribution is 2.29. The average molecular weight is 300 g/mol. The number of hydrogen-bond donors (Lipinski definition) is 1. The third-order valence-electron chi connectivity index (χ3n) is 2.94. The van der Waals surface area contributed by atoms with Gasteiger partial charge in [-0.3, -0.25) is 4.48 Å². The molecule has 0 aliphatic rings. The van der Waals surface area contributed by atoms with Gasteiger partial charge < -0.3 is 22.3 Å². The Kier molecular flexibility index (Phi) is 7.96. The van der Waals surface area contributed by atoms with E-state index in [0.717, 1.165) is 18.7 Å². The summed E-state index contributed by atoms with van der Waals surface area (Å²) in [6, 6.07) is 7.29. The number of nitrogens with zero attached hydrogens (tertiary/aromatic N) is 1. The highest BCUT2D eigenvalue weighted by Gasteiger charge is 2.22. The predicted octanol–water partition coefficient (Wildman–Crippen LogP) is -0.527. The highest BCUT2D eigenvalue weighted by molar-refractivity contribution is 5.81. The molecule has 1 aromatic rings. The second-order valence-electron chi connectivity index (χ2n) is 4.92. The molecule has 112 valence electrons. The maximum Gasteiger partial charge on any atom is 0.330 e. The predicted molar refractivity (Wildman–Crippen MR) is 77.0 cm³/mol. The Bertz CT molecular complexity index is 458. The molecule has 0 aromatic heterocycles. The second-order valence-corrected chi connectivity index (χ2v) is 4.92. The van der Waals surface area contributed by atoms with Crippen molar-refractivity contribution in [2.24, 2.45) is 0 Å². The smallest absolute Gasteiger partial charge is 0.330 e. The lowest BCUT2D eigenvalue weighted by Crippen LogP contribution is -3.00. The summed E-state index contributed by atoms with van der Waals surface area (Å²) in [5.41, 5.74) is 0.863. The fourth-order valence-corrected chi connectivity index (χ4v) is 1.91. The zero-order valence-corrected chi connectivity index (χ0v) is 12.9. The number of phenolic OH excluding ortho intramolecular Hbond substituents is 1. The molecule has 0 unspecified atom stereocenters. The van der Waals surface area contributed by atoms with E-state index in [0.29, 0.717) is 16.8 Å². The van der Waals surface area contributed by atoms with E-state index in [-0.39, 0.29) is 18.4 Å². The van der Waals surface area contributed by atoms with Gasteiger partial charge in [0.1, 0.15) is 0 Å². The van der Waals surface area contributed by atoms with E-state index in [2.05, 4.69) is 0 Å². The van der Waals surface area contributed by atoms with Gasteiger partial charge >= 0.3 is 5.97 Å². The zero-order valence-electron chi connectivity index (χ0n) is 12.2. The van der Waals surface area contributed by atoms with Gasteiger partial charge in [-0.05, 0) is 13.0 Å². The van der Waals surface area contributed by atoms with E-state index in [1.807, 2.05) is 26.2 Å². The standard InChI is InChI=1S/C15H21NO3.ClH/c1-4-8-15(18)19-12-7-11-16(2,3)13-9-5-6-10-14(13)17;/h4-6,8-10H,7,11-12H2,1-3H3;1H. The maximum absolute atomic E-state index is 11.1. The van der Waals surface area contributed by atoms with E-state index in [1.54, 1.807) is 25.1 Å². The molecule has 0 saturated carbocycles. The van der Waals surface area contributed by atoms with Crippen LogP contribution in [0.3, 0.4) is 0 Å². The Labute approximate surface area is 126 Å². The molecule has 0 spiro atoms. The Morgan fingerprint density at radius 1 is 1.35 bits per heavy atom. The van der Waals surface area contributed by atoms with Crippen molar-refractivity contribution in [1.82, 2.24) is 4.48 Å². The van der Waals surface area contributed by atoms with Crippen molar-refractivity contribution in [3.8, 4) is 5.75 Å². The van der Waals surface area contributed by atoms with Crippen molar-refractivity contribution in [2.45, 2.75) is 13.3 Å². The summed E-state index contributed by atoms with van der Waals surface area (Å²) in [4.78, 5) is 11.1. The summed E-state index contributed by atoms with van der Waals surface area (Å²) in [5.74, 6) is -0.0197. The molecule has 20 heavy (non-hydrogen) atoms. The molecular weight excluding hydrogens is 278 g/mol. The number of quaternary nitrogens is 1. The lowest BCUT2D eigenvalue weighted by molar-refractivity contribution is -0.137. The van der Waals surface area contributed by atoms with Crippen LogP contribution in [0.4, 0.5) is 5.69 Å². The van der Waals surface area contributed by atoms with Crippen LogP contribution >= 0.6 is 0 Å². The van der Waals surface area contributed by atoms with Crippen LogP contribution in [0.1, 0.15) is 13.3 Å². The fraction of sp³-hybridized carbons (Fsp3) is 0.400. The van der Waals surface area contributed by atoms with Crippen LogP contribution < -0.4 is 16.9 Å². The van der Waals surface area contributed by atoms with Gasteiger partial charge in [-0.1, -0.05) is 18.2 Å². The molecule has 4 nitrogen and oxygen atoms in total. The van der Waals surface area contributed by atoms with Crippen LogP contribution in [0, 0.1) is 0 Å². The quantitative estimate of drug-likeness (QED) is 0.333.